The number of hydrogen-bond acceptors (Lipinski definition) is 5. The molecule has 1 heterocycles. The van der Waals surface area contributed by atoms with E-state index in [-0.39, 0.29) is 23.9 Å². The van der Waals surface area contributed by atoms with Crippen LogP contribution in [0.3, 0.4) is 0 Å². The molecule has 1 aliphatic heterocycles. The van der Waals surface area contributed by atoms with Crippen molar-refractivity contribution in [2.24, 2.45) is 5.92 Å². The number of ether oxygens (including phenoxy) is 1. The number of nitrogens with zero attached hydrogens (tertiary/aromatic N) is 1. The number of anilines is 1. The lowest BCUT2D eigenvalue weighted by Crippen LogP contribution is -2.59. The molecule has 0 aromatic heterocycles. The lowest BCUT2D eigenvalue weighted by atomic mass is 9.77. The Morgan fingerprint density at radius 2 is 1.76 bits per heavy atom. The van der Waals surface area contributed by atoms with E-state index in [1.807, 2.05) is 68.1 Å². The van der Waals surface area contributed by atoms with Gasteiger partial charge < -0.3 is 14.7 Å². The van der Waals surface area contributed by atoms with Gasteiger partial charge >= 0.3 is 5.97 Å². The molecule has 0 saturated carbocycles. The largest absolute Gasteiger partial charge is 0.508 e. The Hall–Kier alpha value is -2.82. The number of cyclic esters (lactones) is 1. The summed E-state index contributed by atoms with van der Waals surface area (Å²) in [5, 5.41) is 9.46. The number of benzene rings is 2. The third-order valence-corrected chi connectivity index (χ3v) is 5.87. The molecule has 154 valence electrons. The fourth-order valence-corrected chi connectivity index (χ4v) is 4.02. The Labute approximate surface area is 172 Å². The van der Waals surface area contributed by atoms with Crippen LogP contribution >= 0.6 is 0 Å². The first kappa shape index (κ1) is 20.9. The summed E-state index contributed by atoms with van der Waals surface area (Å²) in [6.45, 7) is 6.46. The van der Waals surface area contributed by atoms with Crippen molar-refractivity contribution >= 4 is 17.4 Å². The summed E-state index contributed by atoms with van der Waals surface area (Å²) in [5.41, 5.74) is 1.07. The van der Waals surface area contributed by atoms with E-state index in [9.17, 15) is 14.7 Å². The number of Topliss-reactive ketones (excluding diaryl/α,β-unsaturated/α-hetero) is 1. The molecular formula is C24H29NO4. The van der Waals surface area contributed by atoms with Gasteiger partial charge in [-0.1, -0.05) is 44.2 Å². The number of phenols is 1. The average molecular weight is 395 g/mol. The number of ketones is 1. The molecule has 1 saturated heterocycles. The highest BCUT2D eigenvalue weighted by molar-refractivity contribution is 6.08. The summed E-state index contributed by atoms with van der Waals surface area (Å²) in [7, 11) is 0. The van der Waals surface area contributed by atoms with Crippen LogP contribution in [0.5, 0.6) is 5.75 Å². The lowest BCUT2D eigenvalue weighted by molar-refractivity contribution is -0.179. The summed E-state index contributed by atoms with van der Waals surface area (Å²) >= 11 is 0. The number of esters is 1. The molecule has 5 heteroatoms. The first-order chi connectivity index (χ1) is 13.9. The van der Waals surface area contributed by atoms with Crippen LogP contribution in [0.25, 0.3) is 0 Å². The normalized spacial score (nSPS) is 21.9. The Bertz CT molecular complexity index is 827. The van der Waals surface area contributed by atoms with Crippen molar-refractivity contribution in [3.05, 3.63) is 60.2 Å². The molecule has 1 N–H and O–H groups in total. The highest BCUT2D eigenvalue weighted by Gasteiger charge is 2.50. The highest BCUT2D eigenvalue weighted by atomic mass is 16.6. The second kappa shape index (κ2) is 8.68. The number of carbonyl (C=O) groups excluding carboxylic acids is 2. The van der Waals surface area contributed by atoms with Crippen LogP contribution in [0.4, 0.5) is 5.69 Å². The maximum absolute atomic E-state index is 13.2. The minimum absolute atomic E-state index is 0.0141. The fourth-order valence-electron chi connectivity index (χ4n) is 4.02. The average Bonchev–Trinajstić information content (AvgIpc) is 2.71. The summed E-state index contributed by atoms with van der Waals surface area (Å²) < 4.78 is 6.02. The predicted octanol–water partition coefficient (Wildman–Crippen LogP) is 4.13. The van der Waals surface area contributed by atoms with E-state index in [2.05, 4.69) is 0 Å². The van der Waals surface area contributed by atoms with Crippen LogP contribution in [0.2, 0.25) is 0 Å². The monoisotopic (exact) mass is 395 g/mol. The molecule has 2 unspecified atom stereocenters. The molecule has 1 aliphatic rings. The molecule has 29 heavy (non-hydrogen) atoms. The van der Waals surface area contributed by atoms with Crippen LogP contribution in [0.1, 0.15) is 39.2 Å². The van der Waals surface area contributed by atoms with Crippen LogP contribution in [-0.4, -0.2) is 35.0 Å². The standard InChI is InChI=1S/C24H29NO4/c1-4-25(19-8-6-5-7-9-19)22-21(27)16-24(17(2)3,29-23(22)28)15-14-18-10-12-20(26)13-11-18/h5-13,17,22,26H,4,14-16H2,1-3H3. The number of rotatable bonds is 7. The van der Waals surface area contributed by atoms with Crippen LogP contribution < -0.4 is 4.90 Å². The molecule has 0 bridgehead atoms. The molecule has 2 aromatic carbocycles. The van der Waals surface area contributed by atoms with E-state index >= 15 is 0 Å². The topological polar surface area (TPSA) is 66.8 Å². The zero-order valence-electron chi connectivity index (χ0n) is 17.3. The van der Waals surface area contributed by atoms with Gasteiger partial charge in [0.05, 0.1) is 0 Å². The minimum Gasteiger partial charge on any atom is -0.508 e. The van der Waals surface area contributed by atoms with Crippen molar-refractivity contribution in [2.45, 2.75) is 51.7 Å². The molecule has 3 rings (SSSR count). The second-order valence-electron chi connectivity index (χ2n) is 7.97. The Morgan fingerprint density at radius 3 is 2.31 bits per heavy atom. The summed E-state index contributed by atoms with van der Waals surface area (Å²) in [6, 6.07) is 15.6. The maximum atomic E-state index is 13.2. The van der Waals surface area contributed by atoms with Gasteiger partial charge in [-0.25, -0.2) is 4.79 Å². The first-order valence-electron chi connectivity index (χ1n) is 10.2. The maximum Gasteiger partial charge on any atom is 0.337 e. The molecule has 0 radical (unpaired) electrons. The van der Waals surface area contributed by atoms with Crippen molar-refractivity contribution in [1.82, 2.24) is 0 Å². The van der Waals surface area contributed by atoms with Gasteiger partial charge in [0.15, 0.2) is 11.8 Å². The number of para-hydroxylation sites is 1. The highest BCUT2D eigenvalue weighted by Crippen LogP contribution is 2.37. The van der Waals surface area contributed by atoms with Gasteiger partial charge in [-0.3, -0.25) is 4.79 Å². The number of phenolic OH excluding ortho intramolecular Hbond substituents is 1. The molecule has 5 nitrogen and oxygen atoms in total. The third-order valence-electron chi connectivity index (χ3n) is 5.87. The van der Waals surface area contributed by atoms with Crippen LogP contribution in [0.15, 0.2) is 54.6 Å². The summed E-state index contributed by atoms with van der Waals surface area (Å²) in [6.07, 6.45) is 1.44. The van der Waals surface area contributed by atoms with E-state index in [0.29, 0.717) is 19.4 Å². The number of hydrogen-bond donors (Lipinski definition) is 1. The third kappa shape index (κ3) is 4.44. The predicted molar refractivity (Wildman–Crippen MR) is 113 cm³/mol. The van der Waals surface area contributed by atoms with Crippen molar-refractivity contribution in [2.75, 3.05) is 11.4 Å². The lowest BCUT2D eigenvalue weighted by Gasteiger charge is -2.44. The van der Waals surface area contributed by atoms with Gasteiger partial charge in [0.1, 0.15) is 11.4 Å². The number of likely N-dealkylation sites (N-methyl/N-ethyl adjacent to an activating group) is 1. The molecule has 2 atom stereocenters. The van der Waals surface area contributed by atoms with Gasteiger partial charge in [0.2, 0.25) is 0 Å². The Balaban J connectivity index is 1.80. The zero-order valence-corrected chi connectivity index (χ0v) is 17.3. The van der Waals surface area contributed by atoms with Gasteiger partial charge in [-0.05, 0) is 55.5 Å². The SMILES string of the molecule is CCN(c1ccccc1)C1C(=O)CC(CCc2ccc(O)cc2)(C(C)C)OC1=O. The van der Waals surface area contributed by atoms with E-state index in [1.54, 1.807) is 12.1 Å². The second-order valence-corrected chi connectivity index (χ2v) is 7.97. The molecule has 0 spiro atoms. The Morgan fingerprint density at radius 1 is 1.10 bits per heavy atom. The van der Waals surface area contributed by atoms with Crippen LogP contribution in [0, 0.1) is 5.92 Å². The van der Waals surface area contributed by atoms with E-state index in [0.717, 1.165) is 11.3 Å². The van der Waals surface area contributed by atoms with Gasteiger partial charge in [0, 0.05) is 18.7 Å². The summed E-state index contributed by atoms with van der Waals surface area (Å²) in [5.74, 6) is -0.326. The van der Waals surface area contributed by atoms with E-state index in [4.69, 9.17) is 4.74 Å². The molecule has 2 aromatic rings. The van der Waals surface area contributed by atoms with Gasteiger partial charge in [-0.2, -0.15) is 0 Å². The van der Waals surface area contributed by atoms with Gasteiger partial charge in [-0.15, -0.1) is 0 Å². The Kier molecular flexibility index (Phi) is 6.26. The molecule has 0 aliphatic carbocycles. The number of aromatic hydroxyl groups is 1. The van der Waals surface area contributed by atoms with E-state index < -0.39 is 17.6 Å². The zero-order chi connectivity index (χ0) is 21.0. The minimum atomic E-state index is -0.900. The van der Waals surface area contributed by atoms with Crippen molar-refractivity contribution in [1.29, 1.82) is 0 Å². The fraction of sp³-hybridized carbons (Fsp3) is 0.417. The van der Waals surface area contributed by atoms with Crippen LogP contribution in [-0.2, 0) is 20.7 Å². The smallest absolute Gasteiger partial charge is 0.337 e. The van der Waals surface area contributed by atoms with E-state index in [1.165, 1.54) is 0 Å². The number of aryl methyl sites for hydroxylation is 1. The number of carbonyl (C=O) groups is 2. The van der Waals surface area contributed by atoms with Gasteiger partial charge in [0.25, 0.3) is 0 Å². The van der Waals surface area contributed by atoms with Crippen molar-refractivity contribution in [3.8, 4) is 5.75 Å². The molecular weight excluding hydrogens is 366 g/mol. The summed E-state index contributed by atoms with van der Waals surface area (Å²) in [4.78, 5) is 28.0. The first-order valence-corrected chi connectivity index (χ1v) is 10.2. The molecule has 0 amide bonds. The molecule has 1 fully saturated rings. The van der Waals surface area contributed by atoms with Crippen molar-refractivity contribution < 1.29 is 19.4 Å². The quantitative estimate of drug-likeness (QED) is 0.564. The van der Waals surface area contributed by atoms with Crippen molar-refractivity contribution in [3.63, 3.8) is 0 Å².